The Bertz CT molecular complexity index is 498. The maximum Gasteiger partial charge on any atom is 0.0346 e. The number of aryl methyl sites for hydroxylation is 1. The Labute approximate surface area is 106 Å². The molecule has 1 N–H and O–H groups in total. The number of nitrogens with one attached hydrogen (secondary N) is 1. The Hall–Kier alpha value is -1.12. The quantitative estimate of drug-likeness (QED) is 0.856. The van der Waals surface area contributed by atoms with Crippen molar-refractivity contribution in [2.45, 2.75) is 32.4 Å². The van der Waals surface area contributed by atoms with Gasteiger partial charge in [0.2, 0.25) is 0 Å². The van der Waals surface area contributed by atoms with E-state index in [1.165, 1.54) is 34.4 Å². The summed E-state index contributed by atoms with van der Waals surface area (Å²) < 4.78 is 0. The van der Waals surface area contributed by atoms with Crippen molar-refractivity contribution in [3.8, 4) is 10.4 Å². The maximum absolute atomic E-state index is 3.60. The number of rotatable bonds is 4. The molecular formula is C15H17NS. The minimum atomic E-state index is 0.771. The maximum atomic E-state index is 3.60. The summed E-state index contributed by atoms with van der Waals surface area (Å²) in [5.74, 6) is 0. The Kier molecular flexibility index (Phi) is 3.00. The summed E-state index contributed by atoms with van der Waals surface area (Å²) in [7, 11) is 0. The smallest absolute Gasteiger partial charge is 0.0346 e. The minimum Gasteiger partial charge on any atom is -0.310 e. The predicted molar refractivity (Wildman–Crippen MR) is 74.4 cm³/mol. The van der Waals surface area contributed by atoms with Crippen LogP contribution < -0.4 is 5.32 Å². The van der Waals surface area contributed by atoms with Gasteiger partial charge in [-0.25, -0.2) is 0 Å². The van der Waals surface area contributed by atoms with Gasteiger partial charge in [-0.3, -0.25) is 0 Å². The largest absolute Gasteiger partial charge is 0.310 e. The molecule has 0 bridgehead atoms. The van der Waals surface area contributed by atoms with Crippen molar-refractivity contribution in [1.82, 2.24) is 5.32 Å². The third-order valence-corrected chi connectivity index (χ3v) is 4.11. The van der Waals surface area contributed by atoms with Gasteiger partial charge in [-0.15, -0.1) is 11.3 Å². The fourth-order valence-electron chi connectivity index (χ4n) is 2.05. The van der Waals surface area contributed by atoms with Crippen LogP contribution >= 0.6 is 11.3 Å². The molecule has 2 aromatic rings. The van der Waals surface area contributed by atoms with Crippen LogP contribution in [-0.4, -0.2) is 6.04 Å². The van der Waals surface area contributed by atoms with Crippen molar-refractivity contribution in [1.29, 1.82) is 0 Å². The summed E-state index contributed by atoms with van der Waals surface area (Å²) >= 11 is 1.82. The van der Waals surface area contributed by atoms with E-state index in [9.17, 15) is 0 Å². The van der Waals surface area contributed by atoms with Crippen LogP contribution in [0.25, 0.3) is 10.4 Å². The Balaban J connectivity index is 1.89. The zero-order valence-electron chi connectivity index (χ0n) is 10.1. The van der Waals surface area contributed by atoms with Crippen LogP contribution in [0.3, 0.4) is 0 Å². The molecule has 1 fully saturated rings. The molecule has 1 aliphatic rings. The molecule has 1 aromatic heterocycles. The predicted octanol–water partition coefficient (Wildman–Crippen LogP) is 3.98. The van der Waals surface area contributed by atoms with Gasteiger partial charge in [-0.1, -0.05) is 29.8 Å². The van der Waals surface area contributed by atoms with Gasteiger partial charge in [-0.05, 0) is 42.3 Å². The zero-order valence-corrected chi connectivity index (χ0v) is 10.9. The normalized spacial score (nSPS) is 15.1. The third kappa shape index (κ3) is 2.59. The van der Waals surface area contributed by atoms with E-state index < -0.39 is 0 Å². The first-order valence-corrected chi connectivity index (χ1v) is 7.08. The number of hydrogen-bond acceptors (Lipinski definition) is 2. The molecule has 1 heterocycles. The lowest BCUT2D eigenvalue weighted by Gasteiger charge is -2.10. The number of thiophene rings is 1. The molecule has 1 saturated carbocycles. The first-order valence-electron chi connectivity index (χ1n) is 6.20. The van der Waals surface area contributed by atoms with Gasteiger partial charge in [-0.2, -0.15) is 0 Å². The van der Waals surface area contributed by atoms with Crippen LogP contribution in [0.5, 0.6) is 0 Å². The van der Waals surface area contributed by atoms with E-state index in [1.54, 1.807) is 0 Å². The van der Waals surface area contributed by atoms with Crippen LogP contribution in [0.15, 0.2) is 35.7 Å². The van der Waals surface area contributed by atoms with E-state index in [-0.39, 0.29) is 0 Å². The monoisotopic (exact) mass is 243 g/mol. The molecule has 0 saturated heterocycles. The molecule has 0 atom stereocenters. The minimum absolute atomic E-state index is 0.771. The molecule has 1 aliphatic carbocycles. The molecule has 3 rings (SSSR count). The van der Waals surface area contributed by atoms with Crippen molar-refractivity contribution in [3.63, 3.8) is 0 Å². The van der Waals surface area contributed by atoms with Gasteiger partial charge >= 0.3 is 0 Å². The molecule has 0 aliphatic heterocycles. The van der Waals surface area contributed by atoms with E-state index in [0.29, 0.717) is 0 Å². The lowest BCUT2D eigenvalue weighted by molar-refractivity contribution is 0.689. The van der Waals surface area contributed by atoms with Gasteiger partial charge < -0.3 is 5.32 Å². The topological polar surface area (TPSA) is 12.0 Å². The van der Waals surface area contributed by atoms with Gasteiger partial charge in [0.25, 0.3) is 0 Å². The Morgan fingerprint density at radius 2 is 2.18 bits per heavy atom. The molecule has 1 nitrogen and oxygen atoms in total. The van der Waals surface area contributed by atoms with E-state index in [0.717, 1.165) is 12.6 Å². The molecule has 0 spiro atoms. The first-order chi connectivity index (χ1) is 8.33. The van der Waals surface area contributed by atoms with Crippen LogP contribution in [0.4, 0.5) is 0 Å². The molecular weight excluding hydrogens is 226 g/mol. The summed E-state index contributed by atoms with van der Waals surface area (Å²) in [4.78, 5) is 1.38. The van der Waals surface area contributed by atoms with Crippen LogP contribution in [0.1, 0.15) is 24.0 Å². The zero-order chi connectivity index (χ0) is 11.7. The molecule has 0 radical (unpaired) electrons. The standard InChI is InChI=1S/C15H17NS/c1-11-4-5-12(10-16-13-6-7-13)14(9-11)15-3-2-8-17-15/h2-5,8-9,13,16H,6-7,10H2,1H3. The van der Waals surface area contributed by atoms with Crippen molar-refractivity contribution < 1.29 is 0 Å². The Morgan fingerprint density at radius 1 is 1.29 bits per heavy atom. The van der Waals surface area contributed by atoms with Crippen molar-refractivity contribution in [2.24, 2.45) is 0 Å². The number of hydrogen-bond donors (Lipinski definition) is 1. The van der Waals surface area contributed by atoms with Gasteiger partial charge in [0.05, 0.1) is 0 Å². The Morgan fingerprint density at radius 3 is 2.88 bits per heavy atom. The average Bonchev–Trinajstić information content (AvgIpc) is 3.00. The van der Waals surface area contributed by atoms with E-state index in [4.69, 9.17) is 0 Å². The second-order valence-electron chi connectivity index (χ2n) is 4.79. The molecule has 17 heavy (non-hydrogen) atoms. The molecule has 2 heteroatoms. The highest BCUT2D eigenvalue weighted by Gasteiger charge is 2.20. The summed E-state index contributed by atoms with van der Waals surface area (Å²) in [6.07, 6.45) is 2.69. The van der Waals surface area contributed by atoms with Crippen molar-refractivity contribution in [3.05, 3.63) is 46.8 Å². The van der Waals surface area contributed by atoms with E-state index in [1.807, 2.05) is 11.3 Å². The second kappa shape index (κ2) is 4.63. The van der Waals surface area contributed by atoms with Crippen LogP contribution in [0.2, 0.25) is 0 Å². The summed E-state index contributed by atoms with van der Waals surface area (Å²) in [6, 6.07) is 11.9. The average molecular weight is 243 g/mol. The lowest BCUT2D eigenvalue weighted by Crippen LogP contribution is -2.15. The summed E-state index contributed by atoms with van der Waals surface area (Å²) in [5, 5.41) is 5.75. The third-order valence-electron chi connectivity index (χ3n) is 3.21. The lowest BCUT2D eigenvalue weighted by atomic mass is 10.0. The fourth-order valence-corrected chi connectivity index (χ4v) is 2.83. The second-order valence-corrected chi connectivity index (χ2v) is 5.74. The van der Waals surface area contributed by atoms with Gasteiger partial charge in [0.1, 0.15) is 0 Å². The highest BCUT2D eigenvalue weighted by Crippen LogP contribution is 2.29. The molecule has 0 amide bonds. The highest BCUT2D eigenvalue weighted by atomic mass is 32.1. The molecule has 88 valence electrons. The first kappa shape index (κ1) is 11.0. The van der Waals surface area contributed by atoms with Crippen molar-refractivity contribution >= 4 is 11.3 Å². The fraction of sp³-hybridized carbons (Fsp3) is 0.333. The highest BCUT2D eigenvalue weighted by molar-refractivity contribution is 7.13. The SMILES string of the molecule is Cc1ccc(CNC2CC2)c(-c2cccs2)c1. The summed E-state index contributed by atoms with van der Waals surface area (Å²) in [6.45, 7) is 3.16. The van der Waals surface area contributed by atoms with E-state index >= 15 is 0 Å². The van der Waals surface area contributed by atoms with Gasteiger partial charge in [0.15, 0.2) is 0 Å². The van der Waals surface area contributed by atoms with Gasteiger partial charge in [0, 0.05) is 17.5 Å². The van der Waals surface area contributed by atoms with Crippen LogP contribution in [0, 0.1) is 6.92 Å². The molecule has 1 aromatic carbocycles. The molecule has 0 unspecified atom stereocenters. The number of benzene rings is 1. The van der Waals surface area contributed by atoms with Crippen molar-refractivity contribution in [2.75, 3.05) is 0 Å². The summed E-state index contributed by atoms with van der Waals surface area (Å²) in [5.41, 5.74) is 4.15. The van der Waals surface area contributed by atoms with Crippen LogP contribution in [-0.2, 0) is 6.54 Å². The van der Waals surface area contributed by atoms with E-state index in [2.05, 4.69) is 48.0 Å².